The number of benzene rings is 11. The van der Waals surface area contributed by atoms with E-state index < -0.39 is 11.9 Å². The molecule has 11 aromatic rings. The van der Waals surface area contributed by atoms with E-state index in [1.807, 2.05) is 0 Å². The molecule has 11 rings (SSSR count). The van der Waals surface area contributed by atoms with Crippen LogP contribution < -0.4 is 0 Å². The molecule has 0 aliphatic carbocycles. The highest BCUT2D eigenvalue weighted by Gasteiger charge is 2.25. The minimum Gasteiger partial charge on any atom is -0.507 e. The summed E-state index contributed by atoms with van der Waals surface area (Å²) in [5, 5.41) is 40.5. The number of unbranched alkanes of at least 4 members (excludes halogenated alkanes) is 12. The monoisotopic (exact) mass is 1490 g/mol. The molecule has 0 heterocycles. The fourth-order valence-corrected chi connectivity index (χ4v) is 17.8. The molecule has 0 aromatic heterocycles. The van der Waals surface area contributed by atoms with Crippen LogP contribution in [0.25, 0.3) is 111 Å². The number of carboxylic acids is 2. The molecule has 0 spiro atoms. The van der Waals surface area contributed by atoms with Gasteiger partial charge in [-0.05, 0) is 384 Å². The third-order valence-electron chi connectivity index (χ3n) is 24.3. The molecule has 0 bridgehead atoms. The molecule has 0 saturated heterocycles. The van der Waals surface area contributed by atoms with Gasteiger partial charge in [0.05, 0.1) is 0 Å². The molecule has 6 nitrogen and oxygen atoms in total. The summed E-state index contributed by atoms with van der Waals surface area (Å²) in [6.45, 7) is 40.7. The Morgan fingerprint density at radius 1 is 0.214 bits per heavy atom. The fourth-order valence-electron chi connectivity index (χ4n) is 17.8. The van der Waals surface area contributed by atoms with E-state index in [1.165, 1.54) is 256 Å². The molecule has 11 aromatic carbocycles. The summed E-state index contributed by atoms with van der Waals surface area (Å²) in [6.07, 6.45) is 23.1. The lowest BCUT2D eigenvalue weighted by Gasteiger charge is -2.23. The van der Waals surface area contributed by atoms with Crippen LogP contribution in [0.3, 0.4) is 0 Å². The molecule has 0 aliphatic heterocycles. The van der Waals surface area contributed by atoms with Gasteiger partial charge in [0.2, 0.25) is 0 Å². The number of aromatic hydroxyl groups is 2. The smallest absolute Gasteiger partial charge is 0.339 e. The first kappa shape index (κ1) is 82.9. The zero-order valence-electron chi connectivity index (χ0n) is 70.6. The molecule has 112 heavy (non-hydrogen) atoms. The van der Waals surface area contributed by atoms with Crippen LogP contribution in [0.1, 0.15) is 251 Å². The highest BCUT2D eigenvalue weighted by molar-refractivity contribution is 5.94. The zero-order chi connectivity index (χ0) is 80.5. The molecule has 4 N–H and O–H groups in total. The molecule has 0 amide bonds. The Hall–Kier alpha value is -10.0. The van der Waals surface area contributed by atoms with Crippen molar-refractivity contribution in [1.29, 1.82) is 0 Å². The van der Waals surface area contributed by atoms with E-state index in [1.54, 1.807) is 24.3 Å². The molecule has 0 unspecified atom stereocenters. The second kappa shape index (κ2) is 36.6. The lowest BCUT2D eigenvalue weighted by atomic mass is 9.81. The predicted molar refractivity (Wildman–Crippen MR) is 476 cm³/mol. The van der Waals surface area contributed by atoms with Crippen molar-refractivity contribution < 1.29 is 30.0 Å². The van der Waals surface area contributed by atoms with Crippen molar-refractivity contribution in [2.75, 3.05) is 0 Å². The number of phenols is 2. The van der Waals surface area contributed by atoms with Gasteiger partial charge >= 0.3 is 11.9 Å². The van der Waals surface area contributed by atoms with Crippen LogP contribution >= 0.6 is 0 Å². The molecular weight excluding hydrogens is 1370 g/mol. The first-order valence-electron chi connectivity index (χ1n) is 41.9. The van der Waals surface area contributed by atoms with Crippen molar-refractivity contribution in [2.45, 2.75) is 253 Å². The van der Waals surface area contributed by atoms with Crippen LogP contribution in [0.15, 0.2) is 146 Å². The summed E-state index contributed by atoms with van der Waals surface area (Å²) in [5.74, 6) is -2.75. The second-order valence-electron chi connectivity index (χ2n) is 33.0. The largest absolute Gasteiger partial charge is 0.507 e. The van der Waals surface area contributed by atoms with Crippen LogP contribution in [0.4, 0.5) is 0 Å². The molecular formula is C106H122O6. The Kier molecular flexibility index (Phi) is 27.1. The van der Waals surface area contributed by atoms with Crippen LogP contribution in [0, 0.1) is 96.9 Å². The highest BCUT2D eigenvalue weighted by Crippen LogP contribution is 2.47. The molecule has 6 heteroatoms. The molecule has 0 atom stereocenters. The quantitative estimate of drug-likeness (QED) is 0.0312. The summed E-state index contributed by atoms with van der Waals surface area (Å²) < 4.78 is 0. The van der Waals surface area contributed by atoms with Gasteiger partial charge in [0, 0.05) is 0 Å². The number of hydrogen-bond acceptors (Lipinski definition) is 4. The van der Waals surface area contributed by atoms with Gasteiger partial charge in [0.25, 0.3) is 0 Å². The van der Waals surface area contributed by atoms with Crippen molar-refractivity contribution in [2.24, 2.45) is 0 Å². The van der Waals surface area contributed by atoms with E-state index in [2.05, 4.69) is 234 Å². The van der Waals surface area contributed by atoms with E-state index in [-0.39, 0.29) is 22.6 Å². The number of aryl methyl sites for hydroxylation is 18. The Bertz CT molecular complexity index is 5030. The fraction of sp³-hybridized carbons (Fsp3) is 0.358. The lowest BCUT2D eigenvalue weighted by molar-refractivity contribution is 0.0682. The van der Waals surface area contributed by atoms with Gasteiger partial charge < -0.3 is 20.4 Å². The maximum Gasteiger partial charge on any atom is 0.339 e. The molecule has 0 saturated carbocycles. The van der Waals surface area contributed by atoms with Gasteiger partial charge in [-0.15, -0.1) is 0 Å². The molecule has 0 radical (unpaired) electrons. The standard InChI is InChI=1S/C106H122O6/c1-19-23-27-31-35-77-59-101(79(37-33-29-25-21-3)57-99(77)95-53-69(11)91(49-73(95)15)87-45-63(5)85(43-65(87)7)81-39-41-83(105(109)110)103(107)61-81)97-55-71(13)93(51-75(97)17)89-47-68(10)90(48-67(89)9)94-52-76(18)98(56-72(94)14)102-60-78(36-32-28-24-20-2)100(58-80(102)38-34-30-26-22-4)96-54-70(12)92(50-74(96)16)88-46-64(6)86(44-66(88)8)82-40-42-84(106(111)112)104(108)62-82/h39-62,107-108H,19-38H2,1-18H3,(H,109,110)(H,111,112). The van der Waals surface area contributed by atoms with Crippen LogP contribution in [0.5, 0.6) is 11.5 Å². The van der Waals surface area contributed by atoms with Gasteiger partial charge in [-0.1, -0.05) is 226 Å². The van der Waals surface area contributed by atoms with Crippen LogP contribution in [-0.2, 0) is 25.7 Å². The lowest BCUT2D eigenvalue weighted by Crippen LogP contribution is -2.02. The molecule has 0 aliphatic rings. The van der Waals surface area contributed by atoms with Crippen molar-refractivity contribution in [3.63, 3.8) is 0 Å². The topological polar surface area (TPSA) is 115 Å². The van der Waals surface area contributed by atoms with Crippen molar-refractivity contribution >= 4 is 11.9 Å². The zero-order valence-corrected chi connectivity index (χ0v) is 70.6. The Balaban J connectivity index is 0.933. The Morgan fingerprint density at radius 2 is 0.384 bits per heavy atom. The van der Waals surface area contributed by atoms with Crippen molar-refractivity contribution in [1.82, 2.24) is 0 Å². The first-order valence-corrected chi connectivity index (χ1v) is 41.9. The van der Waals surface area contributed by atoms with Gasteiger partial charge in [-0.3, -0.25) is 0 Å². The average Bonchev–Trinajstić information content (AvgIpc) is 0.757. The molecule has 0 fully saturated rings. The number of carboxylic acid groups (broad SMARTS) is 2. The van der Waals surface area contributed by atoms with Crippen molar-refractivity contribution in [3.8, 4) is 123 Å². The third kappa shape index (κ3) is 18.2. The summed E-state index contributed by atoms with van der Waals surface area (Å²) in [6, 6.07) is 53.5. The summed E-state index contributed by atoms with van der Waals surface area (Å²) in [5.41, 5.74) is 46.7. The van der Waals surface area contributed by atoms with E-state index in [4.69, 9.17) is 0 Å². The average molecular weight is 1490 g/mol. The second-order valence-corrected chi connectivity index (χ2v) is 33.0. The summed E-state index contributed by atoms with van der Waals surface area (Å²) in [4.78, 5) is 23.5. The van der Waals surface area contributed by atoms with Gasteiger partial charge in [0.1, 0.15) is 22.6 Å². The highest BCUT2D eigenvalue weighted by atomic mass is 16.4. The van der Waals surface area contributed by atoms with Crippen LogP contribution in [0.2, 0.25) is 0 Å². The normalized spacial score (nSPS) is 11.5. The van der Waals surface area contributed by atoms with E-state index in [9.17, 15) is 30.0 Å². The summed E-state index contributed by atoms with van der Waals surface area (Å²) in [7, 11) is 0. The number of carbonyl (C=O) groups is 2. The van der Waals surface area contributed by atoms with E-state index in [0.717, 1.165) is 95.9 Å². The SMILES string of the molecule is CCCCCCc1cc(-c2cc(C)c(-c3cc(C)c(-c4cc(C)c(-c5cc(CCCCCC)c(-c6cc(C)c(-c7cc(C)c(-c8ccc(C(=O)O)c(O)c8)cc7C)cc6C)cc5CCCCCC)cc4C)cc3C)cc2C)c(CCCCCC)cc1-c1cc(C)c(-c2cc(C)c(-c3ccc(C(=O)O)c(O)c3)cc2C)cc1C. The third-order valence-corrected chi connectivity index (χ3v) is 24.3. The van der Waals surface area contributed by atoms with E-state index >= 15 is 0 Å². The Morgan fingerprint density at radius 3 is 0.554 bits per heavy atom. The maximum atomic E-state index is 11.7. The Labute approximate surface area is 670 Å². The van der Waals surface area contributed by atoms with Gasteiger partial charge in [0.15, 0.2) is 0 Å². The van der Waals surface area contributed by atoms with Crippen LogP contribution in [-0.4, -0.2) is 32.4 Å². The minimum absolute atomic E-state index is 0.102. The van der Waals surface area contributed by atoms with E-state index in [0.29, 0.717) is 0 Å². The van der Waals surface area contributed by atoms with Gasteiger partial charge in [-0.25, -0.2) is 9.59 Å². The maximum absolute atomic E-state index is 11.7. The summed E-state index contributed by atoms with van der Waals surface area (Å²) >= 11 is 0. The van der Waals surface area contributed by atoms with Gasteiger partial charge in [-0.2, -0.15) is 0 Å². The first-order chi connectivity index (χ1) is 53.6. The minimum atomic E-state index is -1.15. The number of aromatic carboxylic acids is 2. The predicted octanol–water partition coefficient (Wildman–Crippen LogP) is 30.0. The number of hydrogen-bond donors (Lipinski definition) is 4. The number of rotatable bonds is 32. The van der Waals surface area contributed by atoms with Crippen molar-refractivity contribution in [3.05, 3.63) is 257 Å². The molecule has 582 valence electrons.